The Morgan fingerprint density at radius 3 is 2.07 bits per heavy atom. The van der Waals surface area contributed by atoms with Gasteiger partial charge in [-0.1, -0.05) is 54.1 Å². The van der Waals surface area contributed by atoms with Gasteiger partial charge in [0.2, 0.25) is 0 Å². The van der Waals surface area contributed by atoms with Crippen LogP contribution in [0.3, 0.4) is 0 Å². The van der Waals surface area contributed by atoms with Crippen molar-refractivity contribution in [2.45, 2.75) is 17.8 Å². The van der Waals surface area contributed by atoms with E-state index in [0.29, 0.717) is 22.1 Å². The van der Waals surface area contributed by atoms with Crippen molar-refractivity contribution >= 4 is 11.6 Å². The molecule has 0 aliphatic heterocycles. The second-order valence-electron chi connectivity index (χ2n) is 7.08. The van der Waals surface area contributed by atoms with Crippen LogP contribution in [0.4, 0.5) is 8.78 Å². The average Bonchev–Trinajstić information content (AvgIpc) is 3.19. The van der Waals surface area contributed by atoms with Crippen LogP contribution in [0.2, 0.25) is 5.02 Å². The van der Waals surface area contributed by atoms with Crippen molar-refractivity contribution in [1.29, 1.82) is 0 Å². The molecule has 0 saturated heterocycles. The molecule has 3 aromatic rings. The molecular weight excluding hydrogens is 382 g/mol. The van der Waals surface area contributed by atoms with Crippen molar-refractivity contribution in [3.05, 3.63) is 95.0 Å². The molecule has 2 nitrogen and oxygen atoms in total. The van der Waals surface area contributed by atoms with E-state index in [1.165, 1.54) is 0 Å². The lowest BCUT2D eigenvalue weighted by Crippen LogP contribution is -2.21. The Hall–Kier alpha value is -2.43. The van der Waals surface area contributed by atoms with Gasteiger partial charge in [0.15, 0.2) is 0 Å². The Bertz CT molecular complexity index is 943. The molecule has 144 valence electrons. The highest BCUT2D eigenvalue weighted by atomic mass is 35.5. The zero-order valence-corrected chi connectivity index (χ0v) is 15.7. The smallest absolute Gasteiger partial charge is 0.264 e. The average molecular weight is 401 g/mol. The standard InChI is InChI=1S/C23H19ClF2O2/c24-18-10-8-17(9-11-18)22(15-27)21(23(22,25)26)14-16-6-12-20(13-7-16)28-19-4-2-1-3-5-19/h1-13,21,27H,14-15H2. The zero-order chi connectivity index (χ0) is 19.8. The summed E-state index contributed by atoms with van der Waals surface area (Å²) < 4.78 is 35.2. The Morgan fingerprint density at radius 2 is 1.46 bits per heavy atom. The topological polar surface area (TPSA) is 29.5 Å². The Balaban J connectivity index is 1.51. The molecule has 1 aliphatic rings. The summed E-state index contributed by atoms with van der Waals surface area (Å²) >= 11 is 5.87. The van der Waals surface area contributed by atoms with Crippen LogP contribution in [0.15, 0.2) is 78.9 Å². The predicted octanol–water partition coefficient (Wildman–Crippen LogP) is 5.87. The van der Waals surface area contributed by atoms with Gasteiger partial charge in [-0.2, -0.15) is 0 Å². The zero-order valence-electron chi connectivity index (χ0n) is 15.0. The summed E-state index contributed by atoms with van der Waals surface area (Å²) in [5.41, 5.74) is -0.371. The van der Waals surface area contributed by atoms with Gasteiger partial charge in [-0.25, -0.2) is 8.78 Å². The summed E-state index contributed by atoms with van der Waals surface area (Å²) in [6.07, 6.45) is 0.168. The fourth-order valence-electron chi connectivity index (χ4n) is 3.84. The molecule has 2 atom stereocenters. The van der Waals surface area contributed by atoms with Gasteiger partial charge in [-0.05, 0) is 53.9 Å². The number of rotatable bonds is 6. The third-order valence-electron chi connectivity index (χ3n) is 5.49. The fourth-order valence-corrected chi connectivity index (χ4v) is 3.96. The molecule has 28 heavy (non-hydrogen) atoms. The maximum absolute atomic E-state index is 14.7. The molecule has 1 fully saturated rings. The molecule has 0 bridgehead atoms. The number of alkyl halides is 2. The van der Waals surface area contributed by atoms with Gasteiger partial charge in [0, 0.05) is 10.9 Å². The van der Waals surface area contributed by atoms with Gasteiger partial charge < -0.3 is 9.84 Å². The lowest BCUT2D eigenvalue weighted by molar-refractivity contribution is 0.0603. The number of ether oxygens (including phenoxy) is 1. The van der Waals surface area contributed by atoms with Gasteiger partial charge in [0.05, 0.1) is 12.0 Å². The molecule has 0 heterocycles. The predicted molar refractivity (Wildman–Crippen MR) is 105 cm³/mol. The second kappa shape index (κ2) is 7.19. The first kappa shape index (κ1) is 18.9. The summed E-state index contributed by atoms with van der Waals surface area (Å²) in [4.78, 5) is 0. The first-order chi connectivity index (χ1) is 13.5. The lowest BCUT2D eigenvalue weighted by atomic mass is 9.91. The van der Waals surface area contributed by atoms with Crippen molar-refractivity contribution < 1.29 is 18.6 Å². The second-order valence-corrected chi connectivity index (χ2v) is 7.51. The van der Waals surface area contributed by atoms with Gasteiger partial charge in [-0.3, -0.25) is 0 Å². The number of hydrogen-bond donors (Lipinski definition) is 1. The molecule has 0 spiro atoms. The van der Waals surface area contributed by atoms with Crippen molar-refractivity contribution in [3.63, 3.8) is 0 Å². The number of para-hydroxylation sites is 1. The molecule has 0 radical (unpaired) electrons. The number of halogens is 3. The van der Waals surface area contributed by atoms with Crippen LogP contribution < -0.4 is 4.74 Å². The summed E-state index contributed by atoms with van der Waals surface area (Å²) in [5, 5.41) is 10.3. The first-order valence-electron chi connectivity index (χ1n) is 9.04. The van der Waals surface area contributed by atoms with Gasteiger partial charge in [0.25, 0.3) is 5.92 Å². The van der Waals surface area contributed by atoms with E-state index < -0.39 is 23.9 Å². The van der Waals surface area contributed by atoms with E-state index in [-0.39, 0.29) is 6.42 Å². The van der Waals surface area contributed by atoms with E-state index in [1.54, 1.807) is 48.5 Å². The summed E-state index contributed by atoms with van der Waals surface area (Å²) in [7, 11) is 0. The number of aliphatic hydroxyl groups is 1. The van der Waals surface area contributed by atoms with Crippen molar-refractivity contribution in [3.8, 4) is 11.5 Å². The number of hydrogen-bond acceptors (Lipinski definition) is 2. The summed E-state index contributed by atoms with van der Waals surface area (Å²) in [6.45, 7) is -0.610. The van der Waals surface area contributed by atoms with E-state index in [2.05, 4.69) is 0 Å². The van der Waals surface area contributed by atoms with Crippen LogP contribution in [-0.4, -0.2) is 17.6 Å². The molecule has 0 amide bonds. The maximum Gasteiger partial charge on any atom is 0.264 e. The minimum Gasteiger partial charge on any atom is -0.457 e. The fraction of sp³-hybridized carbons (Fsp3) is 0.217. The SMILES string of the molecule is OCC1(c2ccc(Cl)cc2)C(Cc2ccc(Oc3ccccc3)cc2)C1(F)F. The highest BCUT2D eigenvalue weighted by Crippen LogP contribution is 2.67. The monoisotopic (exact) mass is 400 g/mol. The summed E-state index contributed by atoms with van der Waals surface area (Å²) in [5.74, 6) is -2.59. The molecule has 0 aromatic heterocycles. The molecular formula is C23H19ClF2O2. The highest BCUT2D eigenvalue weighted by Gasteiger charge is 2.80. The van der Waals surface area contributed by atoms with E-state index >= 15 is 0 Å². The van der Waals surface area contributed by atoms with Crippen LogP contribution >= 0.6 is 11.6 Å². The molecule has 3 aromatic carbocycles. The van der Waals surface area contributed by atoms with Crippen LogP contribution in [0.5, 0.6) is 11.5 Å². The van der Waals surface area contributed by atoms with Crippen LogP contribution in [0.25, 0.3) is 0 Å². The number of benzene rings is 3. The minimum atomic E-state index is -2.98. The molecule has 1 N–H and O–H groups in total. The normalized spacial score (nSPS) is 22.6. The highest BCUT2D eigenvalue weighted by molar-refractivity contribution is 6.30. The third kappa shape index (κ3) is 3.17. The Labute approximate surface area is 167 Å². The molecule has 1 saturated carbocycles. The van der Waals surface area contributed by atoms with Gasteiger partial charge in [0.1, 0.15) is 11.5 Å². The molecule has 2 unspecified atom stereocenters. The van der Waals surface area contributed by atoms with Gasteiger partial charge >= 0.3 is 0 Å². The first-order valence-corrected chi connectivity index (χ1v) is 9.42. The quantitative estimate of drug-likeness (QED) is 0.560. The molecule has 4 rings (SSSR count). The Morgan fingerprint density at radius 1 is 0.857 bits per heavy atom. The van der Waals surface area contributed by atoms with Crippen LogP contribution in [-0.2, 0) is 11.8 Å². The van der Waals surface area contributed by atoms with Crippen molar-refractivity contribution in [2.24, 2.45) is 5.92 Å². The van der Waals surface area contributed by atoms with Crippen LogP contribution in [0.1, 0.15) is 11.1 Å². The minimum absolute atomic E-state index is 0.168. The number of aliphatic hydroxyl groups excluding tert-OH is 1. The van der Waals surface area contributed by atoms with E-state index in [0.717, 1.165) is 5.56 Å². The van der Waals surface area contributed by atoms with E-state index in [9.17, 15) is 13.9 Å². The van der Waals surface area contributed by atoms with Gasteiger partial charge in [-0.15, -0.1) is 0 Å². The third-order valence-corrected chi connectivity index (χ3v) is 5.75. The lowest BCUT2D eigenvalue weighted by Gasteiger charge is -2.14. The van der Waals surface area contributed by atoms with Crippen molar-refractivity contribution in [2.75, 3.05) is 6.61 Å². The largest absolute Gasteiger partial charge is 0.457 e. The summed E-state index contributed by atoms with van der Waals surface area (Å²) in [6, 6.07) is 22.8. The van der Waals surface area contributed by atoms with E-state index in [4.69, 9.17) is 16.3 Å². The van der Waals surface area contributed by atoms with E-state index in [1.807, 2.05) is 30.3 Å². The van der Waals surface area contributed by atoms with Crippen molar-refractivity contribution in [1.82, 2.24) is 0 Å². The molecule has 5 heteroatoms. The maximum atomic E-state index is 14.7. The molecule has 1 aliphatic carbocycles. The van der Waals surface area contributed by atoms with Crippen LogP contribution in [0, 0.1) is 5.92 Å². The Kier molecular flexibility index (Phi) is 4.86.